The molecule has 0 saturated heterocycles. The molecule has 1 amide bonds. The molecule has 6 atom stereocenters. The summed E-state index contributed by atoms with van der Waals surface area (Å²) in [5.41, 5.74) is 0.652. The van der Waals surface area contributed by atoms with E-state index in [1.165, 1.54) is 11.0 Å². The number of aliphatic carboxylic acids is 1. The highest BCUT2D eigenvalue weighted by Crippen LogP contribution is 2.67. The average Bonchev–Trinajstić information content (AvgIpc) is 3.07. The molecule has 2 heterocycles. The fraction of sp³-hybridized carbons (Fsp3) is 0.714. The van der Waals surface area contributed by atoms with Crippen LogP contribution in [0.25, 0.3) is 0 Å². The summed E-state index contributed by atoms with van der Waals surface area (Å²) in [6, 6.07) is 0.561. The molecule has 2 aliphatic carbocycles. The Morgan fingerprint density at radius 1 is 1.17 bits per heavy atom. The van der Waals surface area contributed by atoms with Gasteiger partial charge < -0.3 is 25.0 Å². The lowest BCUT2D eigenvalue weighted by molar-refractivity contribution is -0.233. The summed E-state index contributed by atoms with van der Waals surface area (Å²) in [5, 5.41) is 31.9. The predicted molar refractivity (Wildman–Crippen MR) is 130 cm³/mol. The van der Waals surface area contributed by atoms with Crippen molar-refractivity contribution in [2.24, 2.45) is 28.6 Å². The van der Waals surface area contributed by atoms with E-state index < -0.39 is 23.7 Å². The summed E-state index contributed by atoms with van der Waals surface area (Å²) in [6.45, 7) is 12.6. The van der Waals surface area contributed by atoms with Gasteiger partial charge >= 0.3 is 5.97 Å². The molecule has 0 bridgehead atoms. The quantitative estimate of drug-likeness (QED) is 0.587. The van der Waals surface area contributed by atoms with Crippen molar-refractivity contribution >= 4 is 11.9 Å². The number of phenolic OH excluding ortho intramolecular Hbond substituents is 1. The number of benzene rings is 1. The first-order valence-corrected chi connectivity index (χ1v) is 13.0. The van der Waals surface area contributed by atoms with Crippen LogP contribution in [0, 0.1) is 28.6 Å². The summed E-state index contributed by atoms with van der Waals surface area (Å²) in [4.78, 5) is 26.8. The maximum atomic E-state index is 13.4. The van der Waals surface area contributed by atoms with E-state index in [-0.39, 0.29) is 40.9 Å². The van der Waals surface area contributed by atoms with Crippen molar-refractivity contribution in [1.29, 1.82) is 0 Å². The summed E-state index contributed by atoms with van der Waals surface area (Å²) < 4.78 is 7.11. The monoisotopic (exact) mass is 485 g/mol. The molecule has 1 aromatic carbocycles. The highest BCUT2D eigenvalue weighted by molar-refractivity contribution is 6.02. The number of amides is 1. The molecule has 0 aromatic heterocycles. The van der Waals surface area contributed by atoms with Crippen LogP contribution in [-0.4, -0.2) is 49.8 Å². The van der Waals surface area contributed by atoms with E-state index in [1.807, 2.05) is 0 Å². The average molecular weight is 486 g/mol. The zero-order valence-corrected chi connectivity index (χ0v) is 21.7. The Morgan fingerprint density at radius 3 is 2.49 bits per heavy atom. The highest BCUT2D eigenvalue weighted by atomic mass is 16.5. The van der Waals surface area contributed by atoms with Crippen LogP contribution in [0.4, 0.5) is 0 Å². The van der Waals surface area contributed by atoms with E-state index in [2.05, 4.69) is 27.7 Å². The van der Waals surface area contributed by atoms with E-state index in [0.717, 1.165) is 18.4 Å². The topological polar surface area (TPSA) is 107 Å². The number of phenols is 1. The second kappa shape index (κ2) is 7.61. The van der Waals surface area contributed by atoms with Crippen molar-refractivity contribution in [3.8, 4) is 11.5 Å². The normalized spacial score (nSPS) is 36.1. The first-order chi connectivity index (χ1) is 16.3. The number of carbonyl (C=O) groups is 2. The Labute approximate surface area is 207 Å². The van der Waals surface area contributed by atoms with Crippen molar-refractivity contribution in [3.05, 3.63) is 22.8 Å². The summed E-state index contributed by atoms with van der Waals surface area (Å²) in [7, 11) is 0. The largest absolute Gasteiger partial charge is 0.508 e. The maximum absolute atomic E-state index is 13.4. The Kier molecular flexibility index (Phi) is 5.31. The molecule has 2 aliphatic heterocycles. The van der Waals surface area contributed by atoms with Crippen LogP contribution in [0.2, 0.25) is 0 Å². The van der Waals surface area contributed by atoms with E-state index in [4.69, 9.17) is 4.74 Å². The number of ether oxygens (including phenoxy) is 1. The molecule has 3 N–H and O–H groups in total. The van der Waals surface area contributed by atoms with Crippen molar-refractivity contribution in [2.45, 2.75) is 97.9 Å². The Morgan fingerprint density at radius 2 is 1.86 bits per heavy atom. The smallest absolute Gasteiger partial charge is 0.326 e. The predicted octanol–water partition coefficient (Wildman–Crippen LogP) is 4.36. The van der Waals surface area contributed by atoms with Gasteiger partial charge in [-0.2, -0.15) is 0 Å². The van der Waals surface area contributed by atoms with E-state index >= 15 is 0 Å². The van der Waals surface area contributed by atoms with E-state index in [1.54, 1.807) is 13.8 Å². The molecule has 1 aromatic rings. The van der Waals surface area contributed by atoms with Crippen LogP contribution in [0.5, 0.6) is 11.5 Å². The molecule has 5 rings (SSSR count). The van der Waals surface area contributed by atoms with Gasteiger partial charge in [0, 0.05) is 22.5 Å². The Bertz CT molecular complexity index is 1100. The van der Waals surface area contributed by atoms with Gasteiger partial charge in [-0.3, -0.25) is 4.79 Å². The summed E-state index contributed by atoms with van der Waals surface area (Å²) in [5.74, 6) is -0.569. The number of fused-ring (bicyclic) bond motifs is 3. The van der Waals surface area contributed by atoms with Crippen molar-refractivity contribution < 1.29 is 29.6 Å². The fourth-order valence-electron chi connectivity index (χ4n) is 8.06. The van der Waals surface area contributed by atoms with Gasteiger partial charge in [-0.05, 0) is 55.4 Å². The molecule has 35 heavy (non-hydrogen) atoms. The van der Waals surface area contributed by atoms with Crippen molar-refractivity contribution in [2.75, 3.05) is 0 Å². The van der Waals surface area contributed by atoms with E-state index in [9.17, 15) is 24.9 Å². The standard InChI is InChI=1S/C28H39NO6/c1-14(2)22(25(33)34)29-13-18-16(24(29)32)11-19(30)17-12-27(6)15(3)7-8-20-26(4,5)21(31)9-10-28(20,27)35-23(17)18/h11,14-15,20-22,30-31H,7-10,12-13H2,1-6H3,(H,33,34)/t15-,20-,21+,22?,27+,28-/m0/s1. The number of aliphatic hydroxyl groups excluding tert-OH is 1. The number of carboxylic acids is 1. The third-order valence-corrected chi connectivity index (χ3v) is 10.4. The lowest BCUT2D eigenvalue weighted by atomic mass is 9.43. The van der Waals surface area contributed by atoms with Crippen LogP contribution >= 0.6 is 0 Å². The van der Waals surface area contributed by atoms with Crippen LogP contribution in [0.1, 0.15) is 88.7 Å². The van der Waals surface area contributed by atoms with E-state index in [0.29, 0.717) is 42.1 Å². The number of hydrogen-bond donors (Lipinski definition) is 3. The Balaban J connectivity index is 1.66. The number of rotatable bonds is 3. The molecule has 0 radical (unpaired) electrons. The maximum Gasteiger partial charge on any atom is 0.326 e. The lowest BCUT2D eigenvalue weighted by Crippen LogP contribution is -2.70. The number of aromatic hydroxyl groups is 1. The minimum atomic E-state index is -1.03. The molecule has 4 aliphatic rings. The molecule has 2 fully saturated rings. The highest BCUT2D eigenvalue weighted by Gasteiger charge is 2.68. The zero-order valence-electron chi connectivity index (χ0n) is 21.7. The van der Waals surface area contributed by atoms with Gasteiger partial charge in [-0.25, -0.2) is 4.79 Å². The first kappa shape index (κ1) is 24.4. The number of carboxylic acid groups (broad SMARTS) is 1. The summed E-state index contributed by atoms with van der Waals surface area (Å²) in [6.07, 6.45) is 3.57. The molecule has 1 spiro atoms. The molecule has 2 saturated carbocycles. The first-order valence-electron chi connectivity index (χ1n) is 13.0. The van der Waals surface area contributed by atoms with Gasteiger partial charge in [0.25, 0.3) is 5.91 Å². The van der Waals surface area contributed by atoms with Crippen LogP contribution in [0.15, 0.2) is 6.07 Å². The van der Waals surface area contributed by atoms with Gasteiger partial charge in [-0.15, -0.1) is 0 Å². The van der Waals surface area contributed by atoms with Gasteiger partial charge in [-0.1, -0.05) is 41.5 Å². The van der Waals surface area contributed by atoms with Crippen LogP contribution in [0.3, 0.4) is 0 Å². The number of hydrogen-bond acceptors (Lipinski definition) is 5. The third-order valence-electron chi connectivity index (χ3n) is 10.4. The zero-order chi connectivity index (χ0) is 25.7. The van der Waals surface area contributed by atoms with Gasteiger partial charge in [0.05, 0.1) is 18.2 Å². The molecular formula is C28H39NO6. The summed E-state index contributed by atoms with van der Waals surface area (Å²) >= 11 is 0. The number of carbonyl (C=O) groups excluding carboxylic acids is 1. The van der Waals surface area contributed by atoms with Crippen LogP contribution < -0.4 is 4.74 Å². The Hall–Kier alpha value is -2.28. The van der Waals surface area contributed by atoms with Gasteiger partial charge in [0.1, 0.15) is 23.1 Å². The SMILES string of the molecule is CC(C)C(C(=O)O)N1Cc2c(cc(O)c3c2O[C@@]24CC[C@@H](O)C(C)(C)[C@@H]2CC[C@H](C)[C@@]4(C)C3)C1=O. The minimum Gasteiger partial charge on any atom is -0.508 e. The fourth-order valence-corrected chi connectivity index (χ4v) is 8.06. The molecule has 7 heteroatoms. The molecule has 192 valence electrons. The second-order valence-corrected chi connectivity index (χ2v) is 12.7. The molecule has 7 nitrogen and oxygen atoms in total. The van der Waals surface area contributed by atoms with Gasteiger partial charge in [0.2, 0.25) is 0 Å². The minimum absolute atomic E-state index is 0.0471. The second-order valence-electron chi connectivity index (χ2n) is 12.7. The number of nitrogens with zero attached hydrogens (tertiary/aromatic N) is 1. The number of aliphatic hydroxyl groups is 1. The molecular weight excluding hydrogens is 446 g/mol. The van der Waals surface area contributed by atoms with Crippen molar-refractivity contribution in [1.82, 2.24) is 4.90 Å². The van der Waals surface area contributed by atoms with Crippen molar-refractivity contribution in [3.63, 3.8) is 0 Å². The lowest BCUT2D eigenvalue weighted by Gasteiger charge is -2.67. The third kappa shape index (κ3) is 3.06. The molecule has 1 unspecified atom stereocenters. The van der Waals surface area contributed by atoms with Crippen LogP contribution in [-0.2, 0) is 17.8 Å². The van der Waals surface area contributed by atoms with Gasteiger partial charge in [0.15, 0.2) is 0 Å².